The Hall–Kier alpha value is -2.37. The summed E-state index contributed by atoms with van der Waals surface area (Å²) in [6.07, 6.45) is 7.44. The maximum Gasteiger partial charge on any atom is 0.322 e. The van der Waals surface area contributed by atoms with Crippen molar-refractivity contribution in [2.24, 2.45) is 5.92 Å². The number of amides is 2. The Morgan fingerprint density at radius 3 is 3.00 bits per heavy atom. The third-order valence-electron chi connectivity index (χ3n) is 4.17. The summed E-state index contributed by atoms with van der Waals surface area (Å²) in [6, 6.07) is 4.21. The molecule has 0 spiro atoms. The average Bonchev–Trinajstić information content (AvgIpc) is 3.14. The SMILES string of the molecule is O=C(Nc1cncc(-c2ccn[nH]2)c1)N1CC2CC1C2. The second-order valence-electron chi connectivity index (χ2n) is 5.51. The van der Waals surface area contributed by atoms with Crippen molar-refractivity contribution in [3.8, 4) is 11.3 Å². The zero-order valence-corrected chi connectivity index (χ0v) is 10.9. The molecule has 2 saturated heterocycles. The lowest BCUT2D eigenvalue weighted by molar-refractivity contribution is 0.207. The van der Waals surface area contributed by atoms with Gasteiger partial charge in [0.2, 0.25) is 0 Å². The quantitative estimate of drug-likeness (QED) is 0.876. The summed E-state index contributed by atoms with van der Waals surface area (Å²) in [4.78, 5) is 18.3. The van der Waals surface area contributed by atoms with Crippen molar-refractivity contribution in [1.29, 1.82) is 0 Å². The molecule has 4 heterocycles. The molecule has 2 aromatic heterocycles. The third kappa shape index (κ3) is 1.84. The van der Waals surface area contributed by atoms with Crippen LogP contribution in [0.3, 0.4) is 0 Å². The lowest BCUT2D eigenvalue weighted by Gasteiger charge is -2.25. The van der Waals surface area contributed by atoms with Gasteiger partial charge in [0.15, 0.2) is 0 Å². The number of H-pyrrole nitrogens is 1. The number of aromatic nitrogens is 3. The van der Waals surface area contributed by atoms with Crippen LogP contribution in [0.4, 0.5) is 10.5 Å². The van der Waals surface area contributed by atoms with Crippen molar-refractivity contribution in [3.63, 3.8) is 0 Å². The van der Waals surface area contributed by atoms with Gasteiger partial charge in [-0.1, -0.05) is 0 Å². The van der Waals surface area contributed by atoms with Gasteiger partial charge in [0, 0.05) is 30.5 Å². The van der Waals surface area contributed by atoms with Crippen LogP contribution in [0, 0.1) is 5.92 Å². The van der Waals surface area contributed by atoms with Crippen molar-refractivity contribution < 1.29 is 4.79 Å². The summed E-state index contributed by atoms with van der Waals surface area (Å²) in [5.41, 5.74) is 2.51. The standard InChI is InChI=1S/C14H15N5O/c20-14(19-8-9-3-12(19)4-9)17-11-5-10(6-15-7-11)13-1-2-16-18-13/h1-2,5-7,9,12H,3-4,8H2,(H,16,18)(H,17,20). The van der Waals surface area contributed by atoms with Crippen LogP contribution in [0.2, 0.25) is 0 Å². The fraction of sp³-hybridized carbons (Fsp3) is 0.357. The number of carbonyl (C=O) groups is 1. The highest BCUT2D eigenvalue weighted by Crippen LogP contribution is 2.40. The first-order chi connectivity index (χ1) is 9.79. The van der Waals surface area contributed by atoms with Gasteiger partial charge >= 0.3 is 6.03 Å². The Balaban J connectivity index is 1.51. The second-order valence-corrected chi connectivity index (χ2v) is 5.51. The van der Waals surface area contributed by atoms with Gasteiger partial charge in [-0.25, -0.2) is 4.79 Å². The number of carbonyl (C=O) groups excluding carboxylic acids is 1. The molecule has 5 rings (SSSR count). The minimum atomic E-state index is -0.0152. The number of rotatable bonds is 2. The van der Waals surface area contributed by atoms with E-state index in [4.69, 9.17) is 0 Å². The molecule has 0 unspecified atom stereocenters. The predicted octanol–water partition coefficient (Wildman–Crippen LogP) is 2.10. The van der Waals surface area contributed by atoms with E-state index in [9.17, 15) is 4.79 Å². The fourth-order valence-corrected chi connectivity index (χ4v) is 3.05. The molecule has 2 N–H and O–H groups in total. The molecule has 0 aromatic carbocycles. The van der Waals surface area contributed by atoms with Crippen LogP contribution >= 0.6 is 0 Å². The number of anilines is 1. The minimum absolute atomic E-state index is 0.0152. The number of hydrogen-bond donors (Lipinski definition) is 2. The Labute approximate surface area is 116 Å². The normalized spacial score (nSPS) is 23.5. The molecule has 2 amide bonds. The van der Waals surface area contributed by atoms with E-state index in [1.54, 1.807) is 18.6 Å². The number of pyridine rings is 1. The smallest absolute Gasteiger partial charge is 0.321 e. The lowest BCUT2D eigenvalue weighted by Crippen LogP contribution is -2.37. The number of urea groups is 1. The molecule has 3 aliphatic rings. The molecule has 20 heavy (non-hydrogen) atoms. The third-order valence-corrected chi connectivity index (χ3v) is 4.17. The first kappa shape index (κ1) is 11.5. The molecule has 2 aliphatic heterocycles. The number of hydrogen-bond acceptors (Lipinski definition) is 3. The van der Waals surface area contributed by atoms with Gasteiger partial charge in [0.05, 0.1) is 17.6 Å². The highest BCUT2D eigenvalue weighted by molar-refractivity contribution is 5.90. The number of aromatic amines is 1. The average molecular weight is 269 g/mol. The van der Waals surface area contributed by atoms with Crippen molar-refractivity contribution >= 4 is 11.7 Å². The Kier molecular flexibility index (Phi) is 2.48. The van der Waals surface area contributed by atoms with Crippen LogP contribution < -0.4 is 5.32 Å². The van der Waals surface area contributed by atoms with Gasteiger partial charge in [-0.2, -0.15) is 5.10 Å². The lowest BCUT2D eigenvalue weighted by atomic mass is 9.86. The first-order valence-electron chi connectivity index (χ1n) is 6.82. The highest BCUT2D eigenvalue weighted by Gasteiger charge is 2.44. The Bertz CT molecular complexity index is 633. The van der Waals surface area contributed by atoms with E-state index in [1.807, 2.05) is 17.0 Å². The molecule has 0 atom stereocenters. The maximum absolute atomic E-state index is 12.2. The van der Waals surface area contributed by atoms with E-state index >= 15 is 0 Å². The van der Waals surface area contributed by atoms with Crippen LogP contribution in [-0.4, -0.2) is 38.7 Å². The Morgan fingerprint density at radius 1 is 1.40 bits per heavy atom. The van der Waals surface area contributed by atoms with Crippen LogP contribution in [0.15, 0.2) is 30.7 Å². The van der Waals surface area contributed by atoms with E-state index in [0.717, 1.165) is 23.7 Å². The summed E-state index contributed by atoms with van der Waals surface area (Å²) in [5.74, 6) is 0.722. The van der Waals surface area contributed by atoms with Crippen LogP contribution in [0.25, 0.3) is 11.3 Å². The van der Waals surface area contributed by atoms with Gasteiger partial charge in [-0.3, -0.25) is 10.1 Å². The van der Waals surface area contributed by atoms with E-state index in [-0.39, 0.29) is 6.03 Å². The zero-order valence-electron chi connectivity index (χ0n) is 10.9. The van der Waals surface area contributed by atoms with Gasteiger partial charge < -0.3 is 10.2 Å². The van der Waals surface area contributed by atoms with Gasteiger partial charge in [0.25, 0.3) is 0 Å². The summed E-state index contributed by atoms with van der Waals surface area (Å²) < 4.78 is 0. The number of nitrogens with zero attached hydrogens (tertiary/aromatic N) is 3. The van der Waals surface area contributed by atoms with Crippen molar-refractivity contribution in [1.82, 2.24) is 20.1 Å². The van der Waals surface area contributed by atoms with E-state index in [1.165, 1.54) is 12.8 Å². The molecule has 6 nitrogen and oxygen atoms in total. The number of fused-ring (bicyclic) bond motifs is 1. The van der Waals surface area contributed by atoms with Gasteiger partial charge in [0.1, 0.15) is 0 Å². The summed E-state index contributed by atoms with van der Waals surface area (Å²) in [5, 5.41) is 9.74. The second kappa shape index (κ2) is 4.33. The molecule has 1 saturated carbocycles. The zero-order chi connectivity index (χ0) is 13.5. The van der Waals surface area contributed by atoms with Crippen molar-refractivity contribution in [2.75, 3.05) is 11.9 Å². The Morgan fingerprint density at radius 2 is 2.30 bits per heavy atom. The van der Waals surface area contributed by atoms with Gasteiger partial charge in [-0.15, -0.1) is 0 Å². The van der Waals surface area contributed by atoms with E-state index in [2.05, 4.69) is 20.5 Å². The molecular weight excluding hydrogens is 254 g/mol. The van der Waals surface area contributed by atoms with Crippen LogP contribution in [-0.2, 0) is 0 Å². The van der Waals surface area contributed by atoms with Crippen molar-refractivity contribution in [2.45, 2.75) is 18.9 Å². The molecule has 2 bridgehead atoms. The minimum Gasteiger partial charge on any atom is -0.321 e. The summed E-state index contributed by atoms with van der Waals surface area (Å²) in [7, 11) is 0. The topological polar surface area (TPSA) is 73.9 Å². The predicted molar refractivity (Wildman–Crippen MR) is 74.1 cm³/mol. The molecule has 0 radical (unpaired) electrons. The molecule has 3 fully saturated rings. The molecule has 2 aromatic rings. The largest absolute Gasteiger partial charge is 0.322 e. The first-order valence-corrected chi connectivity index (χ1v) is 6.82. The van der Waals surface area contributed by atoms with Crippen molar-refractivity contribution in [3.05, 3.63) is 30.7 Å². The summed E-state index contributed by atoms with van der Waals surface area (Å²) >= 11 is 0. The molecule has 6 heteroatoms. The molecular formula is C14H15N5O. The van der Waals surface area contributed by atoms with Crippen LogP contribution in [0.1, 0.15) is 12.8 Å². The van der Waals surface area contributed by atoms with E-state index < -0.39 is 0 Å². The fourth-order valence-electron chi connectivity index (χ4n) is 3.05. The van der Waals surface area contributed by atoms with Crippen LogP contribution in [0.5, 0.6) is 0 Å². The molecule has 1 aliphatic carbocycles. The maximum atomic E-state index is 12.2. The van der Waals surface area contributed by atoms with Gasteiger partial charge in [-0.05, 0) is 30.9 Å². The monoisotopic (exact) mass is 269 g/mol. The van der Waals surface area contributed by atoms with E-state index in [0.29, 0.717) is 11.7 Å². The molecule has 102 valence electrons. The number of nitrogens with one attached hydrogen (secondary N) is 2. The highest BCUT2D eigenvalue weighted by atomic mass is 16.2. The summed E-state index contributed by atoms with van der Waals surface area (Å²) in [6.45, 7) is 0.893.